The van der Waals surface area contributed by atoms with Crippen molar-refractivity contribution < 1.29 is 35.9 Å². The van der Waals surface area contributed by atoms with Crippen LogP contribution in [0.3, 0.4) is 0 Å². The summed E-state index contributed by atoms with van der Waals surface area (Å²) in [6, 6.07) is 7.81. The first-order valence-electron chi connectivity index (χ1n) is 14.7. The van der Waals surface area contributed by atoms with Gasteiger partial charge < -0.3 is 20.1 Å². The fraction of sp³-hybridized carbons (Fsp3) is 0.484. The predicted molar refractivity (Wildman–Crippen MR) is 155 cm³/mol. The maximum Gasteiger partial charge on any atom is 0.416 e. The number of H-pyrrole nitrogens is 1. The molecular formula is C31H37F6N5O2. The molecule has 2 amide bonds. The summed E-state index contributed by atoms with van der Waals surface area (Å²) in [6.45, 7) is 7.86. The van der Waals surface area contributed by atoms with Gasteiger partial charge >= 0.3 is 12.4 Å². The van der Waals surface area contributed by atoms with Gasteiger partial charge in [-0.2, -0.15) is 26.3 Å². The molecule has 7 nitrogen and oxygen atoms in total. The number of benzene rings is 2. The molecular weight excluding hydrogens is 588 g/mol. The summed E-state index contributed by atoms with van der Waals surface area (Å²) < 4.78 is 81.2. The number of para-hydroxylation sites is 1. The van der Waals surface area contributed by atoms with Gasteiger partial charge in [0.1, 0.15) is 0 Å². The minimum atomic E-state index is -5.07. The lowest BCUT2D eigenvalue weighted by Gasteiger charge is -2.41. The fourth-order valence-corrected chi connectivity index (χ4v) is 5.63. The predicted octanol–water partition coefficient (Wildman–Crippen LogP) is 5.42. The number of hydrogen-bond donors (Lipinski definition) is 2. The Morgan fingerprint density at radius 2 is 1.64 bits per heavy atom. The van der Waals surface area contributed by atoms with Crippen molar-refractivity contribution in [3.05, 3.63) is 70.9 Å². The Balaban J connectivity index is 1.55. The summed E-state index contributed by atoms with van der Waals surface area (Å²) in [5.74, 6) is -1.12. The molecule has 2 heterocycles. The highest BCUT2D eigenvalue weighted by Crippen LogP contribution is 2.37. The van der Waals surface area contributed by atoms with Crippen LogP contribution in [-0.4, -0.2) is 89.9 Å². The van der Waals surface area contributed by atoms with E-state index in [2.05, 4.69) is 29.0 Å². The lowest BCUT2D eigenvalue weighted by atomic mass is 9.98. The maximum absolute atomic E-state index is 13.7. The van der Waals surface area contributed by atoms with Gasteiger partial charge in [0.15, 0.2) is 0 Å². The van der Waals surface area contributed by atoms with Crippen LogP contribution in [0.25, 0.3) is 10.9 Å². The van der Waals surface area contributed by atoms with E-state index in [4.69, 9.17) is 0 Å². The van der Waals surface area contributed by atoms with E-state index in [0.717, 1.165) is 42.5 Å². The van der Waals surface area contributed by atoms with Gasteiger partial charge in [0.2, 0.25) is 5.91 Å². The number of carbonyl (C=O) groups excluding carboxylic acids is 2. The van der Waals surface area contributed by atoms with Gasteiger partial charge in [-0.1, -0.05) is 32.0 Å². The first-order valence-corrected chi connectivity index (χ1v) is 14.7. The molecule has 0 aliphatic carbocycles. The van der Waals surface area contributed by atoms with Gasteiger partial charge in [0.05, 0.1) is 17.7 Å². The first kappa shape index (κ1) is 33.3. The quantitative estimate of drug-likeness (QED) is 0.221. The number of fused-ring (bicyclic) bond motifs is 1. The summed E-state index contributed by atoms with van der Waals surface area (Å²) in [5.41, 5.74) is -2.08. The van der Waals surface area contributed by atoms with Crippen LogP contribution in [0, 0.1) is 0 Å². The van der Waals surface area contributed by atoms with E-state index in [1.54, 1.807) is 6.20 Å². The number of nitrogens with one attached hydrogen (secondary N) is 2. The van der Waals surface area contributed by atoms with E-state index in [0.29, 0.717) is 18.7 Å². The Bertz CT molecular complexity index is 1400. The van der Waals surface area contributed by atoms with Crippen molar-refractivity contribution in [1.29, 1.82) is 0 Å². The molecule has 2 N–H and O–H groups in total. The number of nitrogens with zero attached hydrogens (tertiary/aromatic N) is 3. The Morgan fingerprint density at radius 3 is 2.27 bits per heavy atom. The molecule has 1 saturated heterocycles. The zero-order chi connectivity index (χ0) is 32.1. The summed E-state index contributed by atoms with van der Waals surface area (Å²) in [6.07, 6.45) is -7.30. The lowest BCUT2D eigenvalue weighted by Crippen LogP contribution is -2.57. The van der Waals surface area contributed by atoms with Crippen LogP contribution >= 0.6 is 0 Å². The van der Waals surface area contributed by atoms with E-state index in [1.807, 2.05) is 29.2 Å². The molecule has 2 aromatic carbocycles. The monoisotopic (exact) mass is 625 g/mol. The summed E-state index contributed by atoms with van der Waals surface area (Å²) in [7, 11) is 0. The molecule has 1 fully saturated rings. The molecule has 1 atom stereocenters. The van der Waals surface area contributed by atoms with Crippen molar-refractivity contribution in [1.82, 2.24) is 25.0 Å². The number of hydrogen-bond acceptors (Lipinski definition) is 4. The highest BCUT2D eigenvalue weighted by Gasteiger charge is 2.39. The highest BCUT2D eigenvalue weighted by atomic mass is 19.4. The highest BCUT2D eigenvalue weighted by molar-refractivity contribution is 5.95. The largest absolute Gasteiger partial charge is 0.416 e. The van der Waals surface area contributed by atoms with Gasteiger partial charge in [-0.15, -0.1) is 0 Å². The molecule has 0 unspecified atom stereocenters. The number of piperazine rings is 1. The SMILES string of the molecule is CCN(CC)CCCNC(=O)CN1CCN(C(=O)c2cc(C(F)(F)F)cc(C(F)(F)F)c2)[C@H](Cc2c[nH]c3ccccc23)C1. The van der Waals surface area contributed by atoms with Crippen molar-refractivity contribution in [3.8, 4) is 0 Å². The third-order valence-electron chi connectivity index (χ3n) is 8.03. The van der Waals surface area contributed by atoms with Gasteiger partial charge in [-0.05, 0) is 62.3 Å². The Kier molecular flexibility index (Phi) is 10.6. The normalized spacial score (nSPS) is 16.6. The second kappa shape index (κ2) is 14.0. The molecule has 1 aromatic heterocycles. The summed E-state index contributed by atoms with van der Waals surface area (Å²) >= 11 is 0. The first-order chi connectivity index (χ1) is 20.8. The molecule has 1 aliphatic heterocycles. The van der Waals surface area contributed by atoms with E-state index < -0.39 is 41.0 Å². The number of alkyl halides is 6. The molecule has 13 heteroatoms. The van der Waals surface area contributed by atoms with Gasteiger partial charge in [-0.25, -0.2) is 0 Å². The van der Waals surface area contributed by atoms with Crippen LogP contribution in [0.1, 0.15) is 47.3 Å². The summed E-state index contributed by atoms with van der Waals surface area (Å²) in [5, 5.41) is 3.80. The number of aromatic nitrogens is 1. The van der Waals surface area contributed by atoms with Crippen LogP contribution in [0.5, 0.6) is 0 Å². The van der Waals surface area contributed by atoms with E-state index in [-0.39, 0.29) is 44.6 Å². The number of amides is 2. The molecule has 44 heavy (non-hydrogen) atoms. The zero-order valence-electron chi connectivity index (χ0n) is 24.7. The Morgan fingerprint density at radius 1 is 0.977 bits per heavy atom. The van der Waals surface area contributed by atoms with Gasteiger partial charge in [-0.3, -0.25) is 14.5 Å². The molecule has 1 aliphatic rings. The average molecular weight is 626 g/mol. The van der Waals surface area contributed by atoms with Gasteiger partial charge in [0.25, 0.3) is 5.91 Å². The van der Waals surface area contributed by atoms with Crippen LogP contribution < -0.4 is 5.32 Å². The van der Waals surface area contributed by atoms with E-state index in [1.165, 1.54) is 4.90 Å². The van der Waals surface area contributed by atoms with E-state index >= 15 is 0 Å². The Hall–Kier alpha value is -3.58. The summed E-state index contributed by atoms with van der Waals surface area (Å²) in [4.78, 5) is 35.0. The zero-order valence-corrected chi connectivity index (χ0v) is 24.7. The number of carbonyl (C=O) groups is 2. The third-order valence-corrected chi connectivity index (χ3v) is 8.03. The van der Waals surface area contributed by atoms with Gasteiger partial charge in [0, 0.05) is 54.9 Å². The number of aromatic amines is 1. The van der Waals surface area contributed by atoms with Crippen LogP contribution in [0.2, 0.25) is 0 Å². The van der Waals surface area contributed by atoms with Crippen LogP contribution in [0.4, 0.5) is 26.3 Å². The molecule has 0 spiro atoms. The standard InChI is InChI=1S/C31H37F6N5O2/c1-3-40(4-2)11-7-10-38-28(43)20-41-12-13-42(25(19-41)16-22-18-39-27-9-6-5-8-26(22)27)29(44)21-14-23(30(32,33)34)17-24(15-21)31(35,36)37/h5-6,8-9,14-15,17-18,25,39H,3-4,7,10-13,16,19-20H2,1-2H3,(H,38,43)/t25-/m1/s1. The van der Waals surface area contributed by atoms with Crippen LogP contribution in [-0.2, 0) is 23.6 Å². The minimum Gasteiger partial charge on any atom is -0.361 e. The molecule has 4 rings (SSSR count). The number of rotatable bonds is 11. The minimum absolute atomic E-state index is 0.0127. The number of halogens is 6. The average Bonchev–Trinajstić information content (AvgIpc) is 3.38. The molecule has 0 bridgehead atoms. The topological polar surface area (TPSA) is 71.7 Å². The third kappa shape index (κ3) is 8.32. The molecule has 0 saturated carbocycles. The fourth-order valence-electron chi connectivity index (χ4n) is 5.63. The second-order valence-corrected chi connectivity index (χ2v) is 11.0. The molecule has 0 radical (unpaired) electrons. The smallest absolute Gasteiger partial charge is 0.361 e. The Labute approximate surface area is 252 Å². The van der Waals surface area contributed by atoms with Crippen LogP contribution in [0.15, 0.2) is 48.7 Å². The molecule has 240 valence electrons. The van der Waals surface area contributed by atoms with Crippen molar-refractivity contribution in [2.75, 3.05) is 52.4 Å². The maximum atomic E-state index is 13.7. The van der Waals surface area contributed by atoms with Crippen molar-refractivity contribution in [2.24, 2.45) is 0 Å². The van der Waals surface area contributed by atoms with Crippen molar-refractivity contribution in [3.63, 3.8) is 0 Å². The van der Waals surface area contributed by atoms with E-state index in [9.17, 15) is 35.9 Å². The lowest BCUT2D eigenvalue weighted by molar-refractivity contribution is -0.143. The van der Waals surface area contributed by atoms with Crippen molar-refractivity contribution in [2.45, 2.75) is 45.1 Å². The van der Waals surface area contributed by atoms with Crippen molar-refractivity contribution >= 4 is 22.7 Å². The molecule has 3 aromatic rings. The second-order valence-electron chi connectivity index (χ2n) is 11.0.